The first-order chi connectivity index (χ1) is 12.8. The zero-order valence-electron chi connectivity index (χ0n) is 16.8. The number of aryl methyl sites for hydroxylation is 2. The predicted octanol–water partition coefficient (Wildman–Crippen LogP) is 4.89. The molecule has 2 aromatic rings. The van der Waals surface area contributed by atoms with Crippen LogP contribution in [0.3, 0.4) is 0 Å². The number of rotatable bonds is 4. The summed E-state index contributed by atoms with van der Waals surface area (Å²) < 4.78 is 11.0. The molecule has 3 rings (SSSR count). The number of methoxy groups -OCH3 is 1. The van der Waals surface area contributed by atoms with E-state index in [1.54, 1.807) is 13.8 Å². The molecule has 0 spiro atoms. The molecule has 0 atom stereocenters. The van der Waals surface area contributed by atoms with E-state index in [1.807, 2.05) is 24.3 Å². The Morgan fingerprint density at radius 2 is 1.59 bits per heavy atom. The van der Waals surface area contributed by atoms with Crippen LogP contribution in [0.1, 0.15) is 61.3 Å². The van der Waals surface area contributed by atoms with Gasteiger partial charge < -0.3 is 9.47 Å². The van der Waals surface area contributed by atoms with E-state index in [9.17, 15) is 4.79 Å². The first-order valence-electron chi connectivity index (χ1n) is 9.50. The third-order valence-corrected chi connectivity index (χ3v) is 5.36. The first kappa shape index (κ1) is 19.3. The van der Waals surface area contributed by atoms with Gasteiger partial charge in [0.15, 0.2) is 5.82 Å². The van der Waals surface area contributed by atoms with Gasteiger partial charge in [-0.25, -0.2) is 14.8 Å². The van der Waals surface area contributed by atoms with Gasteiger partial charge in [0.25, 0.3) is 0 Å². The minimum Gasteiger partial charge on any atom is -0.490 e. The van der Waals surface area contributed by atoms with Crippen molar-refractivity contribution in [2.24, 2.45) is 5.41 Å². The van der Waals surface area contributed by atoms with E-state index < -0.39 is 5.97 Å². The topological polar surface area (TPSA) is 61.3 Å². The number of ether oxygens (including phenoxy) is 2. The summed E-state index contributed by atoms with van der Waals surface area (Å²) in [4.78, 5) is 20.8. The maximum atomic E-state index is 11.9. The molecule has 5 nitrogen and oxygen atoms in total. The fourth-order valence-corrected chi connectivity index (χ4v) is 3.61. The molecule has 0 unspecified atom stereocenters. The Morgan fingerprint density at radius 3 is 2.11 bits per heavy atom. The number of nitrogens with zero attached hydrogens (tertiary/aromatic N) is 2. The van der Waals surface area contributed by atoms with Crippen LogP contribution in [0.25, 0.3) is 11.4 Å². The summed E-state index contributed by atoms with van der Waals surface area (Å²) in [5, 5.41) is 0. The van der Waals surface area contributed by atoms with Gasteiger partial charge >= 0.3 is 5.97 Å². The minimum atomic E-state index is -0.407. The van der Waals surface area contributed by atoms with Crippen molar-refractivity contribution in [3.8, 4) is 17.1 Å². The summed E-state index contributed by atoms with van der Waals surface area (Å²) in [5.41, 5.74) is 3.01. The van der Waals surface area contributed by atoms with Crippen LogP contribution in [0.4, 0.5) is 0 Å². The molecule has 5 heteroatoms. The van der Waals surface area contributed by atoms with E-state index in [1.165, 1.54) is 20.0 Å². The van der Waals surface area contributed by atoms with Crippen molar-refractivity contribution in [3.05, 3.63) is 41.2 Å². The summed E-state index contributed by atoms with van der Waals surface area (Å²) in [5.74, 6) is 1.07. The average Bonchev–Trinajstić information content (AvgIpc) is 2.63. The predicted molar refractivity (Wildman–Crippen MR) is 105 cm³/mol. The van der Waals surface area contributed by atoms with Gasteiger partial charge in [0.1, 0.15) is 11.3 Å². The number of hydrogen-bond donors (Lipinski definition) is 0. The monoisotopic (exact) mass is 368 g/mol. The fourth-order valence-electron chi connectivity index (χ4n) is 3.61. The normalized spacial score (nSPS) is 16.8. The zero-order valence-corrected chi connectivity index (χ0v) is 16.8. The van der Waals surface area contributed by atoms with Gasteiger partial charge in [-0.1, -0.05) is 13.8 Å². The van der Waals surface area contributed by atoms with E-state index in [2.05, 4.69) is 23.8 Å². The van der Waals surface area contributed by atoms with Crippen molar-refractivity contribution in [2.45, 2.75) is 59.5 Å². The van der Waals surface area contributed by atoms with Crippen LogP contribution in [0, 0.1) is 19.3 Å². The molecule has 1 aliphatic carbocycles. The van der Waals surface area contributed by atoms with Crippen molar-refractivity contribution in [1.29, 1.82) is 0 Å². The van der Waals surface area contributed by atoms with Crippen molar-refractivity contribution in [2.75, 3.05) is 7.11 Å². The number of carbonyl (C=O) groups excluding carboxylic acids is 1. The van der Waals surface area contributed by atoms with Crippen molar-refractivity contribution in [1.82, 2.24) is 9.97 Å². The number of esters is 1. The lowest BCUT2D eigenvalue weighted by atomic mass is 9.76. The SMILES string of the molecule is COC(=O)c1c(C)nc(-c2ccc(OC3CCC(C)(C)CC3)cc2)nc1C. The molecule has 1 aromatic heterocycles. The van der Waals surface area contributed by atoms with E-state index in [0.29, 0.717) is 34.3 Å². The maximum Gasteiger partial charge on any atom is 0.341 e. The highest BCUT2D eigenvalue weighted by molar-refractivity contribution is 5.91. The molecular formula is C22H28N2O3. The smallest absolute Gasteiger partial charge is 0.341 e. The summed E-state index contributed by atoms with van der Waals surface area (Å²) in [6.45, 7) is 8.25. The Kier molecular flexibility index (Phi) is 5.49. The quantitative estimate of drug-likeness (QED) is 0.719. The third-order valence-electron chi connectivity index (χ3n) is 5.36. The molecular weight excluding hydrogens is 340 g/mol. The van der Waals surface area contributed by atoms with Gasteiger partial charge in [0.2, 0.25) is 0 Å². The van der Waals surface area contributed by atoms with Crippen LogP contribution in [0.5, 0.6) is 5.75 Å². The van der Waals surface area contributed by atoms with Crippen molar-refractivity contribution < 1.29 is 14.3 Å². The summed E-state index contributed by atoms with van der Waals surface area (Å²) in [7, 11) is 1.36. The number of carbonyl (C=O) groups is 1. The molecule has 1 aromatic carbocycles. The number of benzene rings is 1. The van der Waals surface area contributed by atoms with Gasteiger partial charge in [-0.3, -0.25) is 0 Å². The highest BCUT2D eigenvalue weighted by Crippen LogP contribution is 2.36. The summed E-state index contributed by atoms with van der Waals surface area (Å²) >= 11 is 0. The summed E-state index contributed by atoms with van der Waals surface area (Å²) in [6, 6.07) is 7.87. The molecule has 0 amide bonds. The van der Waals surface area contributed by atoms with Crippen molar-refractivity contribution >= 4 is 5.97 Å². The highest BCUT2D eigenvalue weighted by Gasteiger charge is 2.27. The maximum absolute atomic E-state index is 11.9. The van der Waals surface area contributed by atoms with E-state index in [4.69, 9.17) is 9.47 Å². The number of hydrogen-bond acceptors (Lipinski definition) is 5. The van der Waals surface area contributed by atoms with Crippen LogP contribution < -0.4 is 4.74 Å². The largest absolute Gasteiger partial charge is 0.490 e. The van der Waals surface area contributed by atoms with Gasteiger partial charge in [0, 0.05) is 5.56 Å². The third kappa shape index (κ3) is 4.46. The van der Waals surface area contributed by atoms with Crippen LogP contribution in [0.2, 0.25) is 0 Å². The lowest BCUT2D eigenvalue weighted by molar-refractivity contribution is 0.0598. The lowest BCUT2D eigenvalue weighted by Gasteiger charge is -2.34. The second-order valence-electron chi connectivity index (χ2n) is 8.09. The Labute approximate surface area is 161 Å². The Morgan fingerprint density at radius 1 is 1.04 bits per heavy atom. The van der Waals surface area contributed by atoms with Gasteiger partial charge in [-0.2, -0.15) is 0 Å². The summed E-state index contributed by atoms with van der Waals surface area (Å²) in [6.07, 6.45) is 4.91. The van der Waals surface area contributed by atoms with Crippen molar-refractivity contribution in [3.63, 3.8) is 0 Å². The molecule has 27 heavy (non-hydrogen) atoms. The molecule has 0 aliphatic heterocycles. The number of aromatic nitrogens is 2. The molecule has 0 bridgehead atoms. The molecule has 1 fully saturated rings. The second kappa shape index (κ2) is 7.67. The van der Waals surface area contributed by atoms with E-state index >= 15 is 0 Å². The minimum absolute atomic E-state index is 0.295. The molecule has 1 heterocycles. The van der Waals surface area contributed by atoms with Gasteiger partial charge in [0.05, 0.1) is 24.6 Å². The molecule has 0 radical (unpaired) electrons. The molecule has 0 saturated heterocycles. The standard InChI is InChI=1S/C22H28N2O3/c1-14-19(21(25)26-5)15(2)24-20(23-14)16-6-8-17(9-7-16)27-18-10-12-22(3,4)13-11-18/h6-9,18H,10-13H2,1-5H3. The Hall–Kier alpha value is -2.43. The van der Waals surface area contributed by atoms with Crippen LogP contribution in [-0.4, -0.2) is 29.2 Å². The zero-order chi connectivity index (χ0) is 19.6. The Balaban J connectivity index is 1.73. The molecule has 0 N–H and O–H groups in total. The highest BCUT2D eigenvalue weighted by atomic mass is 16.5. The van der Waals surface area contributed by atoms with Gasteiger partial charge in [-0.05, 0) is 69.2 Å². The average molecular weight is 368 g/mol. The van der Waals surface area contributed by atoms with Crippen LogP contribution in [-0.2, 0) is 4.74 Å². The Bertz CT molecular complexity index is 795. The first-order valence-corrected chi connectivity index (χ1v) is 9.50. The molecule has 144 valence electrons. The molecule has 1 aliphatic rings. The van der Waals surface area contributed by atoms with Gasteiger partial charge in [-0.15, -0.1) is 0 Å². The lowest BCUT2D eigenvalue weighted by Crippen LogP contribution is -2.28. The molecule has 1 saturated carbocycles. The van der Waals surface area contributed by atoms with Crippen LogP contribution >= 0.6 is 0 Å². The second-order valence-corrected chi connectivity index (χ2v) is 8.09. The fraction of sp³-hybridized carbons (Fsp3) is 0.500. The van der Waals surface area contributed by atoms with E-state index in [0.717, 1.165) is 24.2 Å². The van der Waals surface area contributed by atoms with Crippen LogP contribution in [0.15, 0.2) is 24.3 Å². The van der Waals surface area contributed by atoms with E-state index in [-0.39, 0.29) is 0 Å².